The van der Waals surface area contributed by atoms with Gasteiger partial charge < -0.3 is 10.2 Å². The Kier molecular flexibility index (Phi) is 8.97. The van der Waals surface area contributed by atoms with E-state index in [1.807, 2.05) is 33.8 Å². The first-order valence-corrected chi connectivity index (χ1v) is 15.5. The molecule has 0 bridgehead atoms. The maximum atomic E-state index is 13.4. The summed E-state index contributed by atoms with van der Waals surface area (Å²) in [5.41, 5.74) is 1.48. The van der Waals surface area contributed by atoms with Crippen LogP contribution in [0, 0.1) is 13.8 Å². The standard InChI is InChI=1S/C32H36F3N3O4S/c1-20-18-23(31(3,4)5)19-28(21(20)2)43(41,42)37-25-12-10-22(11-13-25)29(39)36-24-14-16-38(17-15-24)30(40)26-8-6-7-9-27(26)32(33,34)35/h6-13,18-19,24,37H,14-17H2,1-5H3,(H,36,39). The van der Waals surface area contributed by atoms with E-state index in [1.165, 1.54) is 47.4 Å². The lowest BCUT2D eigenvalue weighted by molar-refractivity contribution is -0.138. The summed E-state index contributed by atoms with van der Waals surface area (Å²) < 4.78 is 69.3. The maximum Gasteiger partial charge on any atom is 0.417 e. The molecule has 2 amide bonds. The number of halogens is 3. The molecule has 0 aromatic heterocycles. The number of carbonyl (C=O) groups is 2. The molecule has 1 aliphatic heterocycles. The quantitative estimate of drug-likeness (QED) is 0.333. The first kappa shape index (κ1) is 32.1. The number of carbonyl (C=O) groups excluding carboxylic acids is 2. The molecule has 0 spiro atoms. The van der Waals surface area contributed by atoms with Crippen molar-refractivity contribution in [2.45, 2.75) is 70.0 Å². The second-order valence-electron chi connectivity index (χ2n) is 11.9. The molecule has 0 radical (unpaired) electrons. The second-order valence-corrected chi connectivity index (χ2v) is 13.6. The highest BCUT2D eigenvalue weighted by Crippen LogP contribution is 2.33. The zero-order valence-corrected chi connectivity index (χ0v) is 25.6. The van der Waals surface area contributed by atoms with Gasteiger partial charge in [-0.3, -0.25) is 14.3 Å². The van der Waals surface area contributed by atoms with Gasteiger partial charge in [0, 0.05) is 30.4 Å². The summed E-state index contributed by atoms with van der Waals surface area (Å²) in [6, 6.07) is 14.2. The molecule has 43 heavy (non-hydrogen) atoms. The minimum Gasteiger partial charge on any atom is -0.349 e. The number of nitrogens with zero attached hydrogens (tertiary/aromatic N) is 1. The number of sulfonamides is 1. The molecule has 230 valence electrons. The number of hydrogen-bond acceptors (Lipinski definition) is 4. The molecule has 3 aromatic carbocycles. The number of likely N-dealkylation sites (tertiary alicyclic amines) is 1. The van der Waals surface area contributed by atoms with Gasteiger partial charge in [-0.2, -0.15) is 13.2 Å². The van der Waals surface area contributed by atoms with E-state index in [0.29, 0.717) is 29.7 Å². The molecular formula is C32H36F3N3O4S. The second kappa shape index (κ2) is 12.0. The van der Waals surface area contributed by atoms with Crippen molar-refractivity contribution >= 4 is 27.5 Å². The Morgan fingerprint density at radius 2 is 1.51 bits per heavy atom. The Balaban J connectivity index is 1.37. The molecule has 2 N–H and O–H groups in total. The number of alkyl halides is 3. The summed E-state index contributed by atoms with van der Waals surface area (Å²) >= 11 is 0. The van der Waals surface area contributed by atoms with Crippen LogP contribution in [0.4, 0.5) is 18.9 Å². The molecule has 3 aromatic rings. The molecule has 0 unspecified atom stereocenters. The summed E-state index contributed by atoms with van der Waals surface area (Å²) in [6.45, 7) is 10.1. The molecule has 0 aliphatic carbocycles. The van der Waals surface area contributed by atoms with Gasteiger partial charge in [0.2, 0.25) is 0 Å². The zero-order chi connectivity index (χ0) is 31.7. The molecule has 1 fully saturated rings. The van der Waals surface area contributed by atoms with E-state index in [2.05, 4.69) is 10.0 Å². The van der Waals surface area contributed by atoms with Gasteiger partial charge >= 0.3 is 6.18 Å². The van der Waals surface area contributed by atoms with Gasteiger partial charge in [0.1, 0.15) is 0 Å². The van der Waals surface area contributed by atoms with Crippen molar-refractivity contribution in [3.8, 4) is 0 Å². The Bertz CT molecular complexity index is 1620. The smallest absolute Gasteiger partial charge is 0.349 e. The zero-order valence-electron chi connectivity index (χ0n) is 24.8. The number of hydrogen-bond donors (Lipinski definition) is 2. The van der Waals surface area contributed by atoms with Gasteiger partial charge in [-0.05, 0) is 91.3 Å². The van der Waals surface area contributed by atoms with Gasteiger partial charge in [-0.15, -0.1) is 0 Å². The van der Waals surface area contributed by atoms with Crippen LogP contribution < -0.4 is 10.0 Å². The van der Waals surface area contributed by atoms with E-state index >= 15 is 0 Å². The topological polar surface area (TPSA) is 95.6 Å². The van der Waals surface area contributed by atoms with Crippen LogP contribution in [0.5, 0.6) is 0 Å². The van der Waals surface area contributed by atoms with E-state index in [-0.39, 0.29) is 40.9 Å². The first-order chi connectivity index (χ1) is 20.0. The third-order valence-corrected chi connectivity index (χ3v) is 9.26. The highest BCUT2D eigenvalue weighted by atomic mass is 32.2. The van der Waals surface area contributed by atoms with E-state index in [9.17, 15) is 31.2 Å². The molecule has 0 atom stereocenters. The minimum atomic E-state index is -4.64. The van der Waals surface area contributed by atoms with Crippen molar-refractivity contribution in [2.75, 3.05) is 17.8 Å². The number of rotatable bonds is 6. The Labute approximate surface area is 250 Å². The van der Waals surface area contributed by atoms with E-state index in [4.69, 9.17) is 0 Å². The SMILES string of the molecule is Cc1cc(C(C)(C)C)cc(S(=O)(=O)Nc2ccc(C(=O)NC3CCN(C(=O)c4ccccc4C(F)(F)F)CC3)cc2)c1C. The lowest BCUT2D eigenvalue weighted by Gasteiger charge is -2.33. The number of nitrogens with one attached hydrogen (secondary N) is 2. The summed E-state index contributed by atoms with van der Waals surface area (Å²) in [5.74, 6) is -1.06. The van der Waals surface area contributed by atoms with E-state index < -0.39 is 27.7 Å². The Morgan fingerprint density at radius 1 is 0.907 bits per heavy atom. The lowest BCUT2D eigenvalue weighted by Crippen LogP contribution is -2.46. The molecule has 11 heteroatoms. The largest absolute Gasteiger partial charge is 0.417 e. The third-order valence-electron chi connectivity index (χ3n) is 7.75. The number of benzene rings is 3. The van der Waals surface area contributed by atoms with Crippen LogP contribution in [-0.4, -0.2) is 44.3 Å². The van der Waals surface area contributed by atoms with Crippen LogP contribution >= 0.6 is 0 Å². The van der Waals surface area contributed by atoms with E-state index in [1.54, 1.807) is 13.0 Å². The number of piperidine rings is 1. The number of anilines is 1. The van der Waals surface area contributed by atoms with Crippen LogP contribution in [0.3, 0.4) is 0 Å². The van der Waals surface area contributed by atoms with Crippen molar-refractivity contribution in [2.24, 2.45) is 0 Å². The van der Waals surface area contributed by atoms with Crippen molar-refractivity contribution < 1.29 is 31.2 Å². The first-order valence-electron chi connectivity index (χ1n) is 14.0. The van der Waals surface area contributed by atoms with Crippen LogP contribution in [0.25, 0.3) is 0 Å². The molecule has 4 rings (SSSR count). The molecule has 0 saturated carbocycles. The highest BCUT2D eigenvalue weighted by molar-refractivity contribution is 7.92. The van der Waals surface area contributed by atoms with Crippen LogP contribution in [-0.2, 0) is 21.6 Å². The fourth-order valence-corrected chi connectivity index (χ4v) is 6.42. The van der Waals surface area contributed by atoms with Crippen LogP contribution in [0.2, 0.25) is 0 Å². The fourth-order valence-electron chi connectivity index (χ4n) is 5.02. The van der Waals surface area contributed by atoms with Gasteiger partial charge in [0.25, 0.3) is 21.8 Å². The minimum absolute atomic E-state index is 0.200. The Hall–Kier alpha value is -3.86. The van der Waals surface area contributed by atoms with Crippen LogP contribution in [0.15, 0.2) is 65.6 Å². The third kappa shape index (κ3) is 7.38. The van der Waals surface area contributed by atoms with Crippen molar-refractivity contribution in [1.82, 2.24) is 10.2 Å². The molecule has 1 heterocycles. The van der Waals surface area contributed by atoms with Gasteiger partial charge in [0.05, 0.1) is 16.0 Å². The Morgan fingerprint density at radius 3 is 2.09 bits per heavy atom. The number of amides is 2. The van der Waals surface area contributed by atoms with Crippen LogP contribution in [0.1, 0.15) is 76.6 Å². The predicted octanol–water partition coefficient (Wildman–Crippen LogP) is 6.46. The maximum absolute atomic E-state index is 13.4. The summed E-state index contributed by atoms with van der Waals surface area (Å²) in [5, 5.41) is 2.90. The fraction of sp³-hybridized carbons (Fsp3) is 0.375. The monoisotopic (exact) mass is 615 g/mol. The normalized spacial score (nSPS) is 14.8. The molecule has 7 nitrogen and oxygen atoms in total. The van der Waals surface area contributed by atoms with E-state index in [0.717, 1.165) is 17.2 Å². The van der Waals surface area contributed by atoms with Gasteiger partial charge in [-0.1, -0.05) is 39.0 Å². The molecular weight excluding hydrogens is 579 g/mol. The average molecular weight is 616 g/mol. The van der Waals surface area contributed by atoms with Crippen molar-refractivity contribution in [3.63, 3.8) is 0 Å². The summed E-state index contributed by atoms with van der Waals surface area (Å²) in [6.07, 6.45) is -3.87. The van der Waals surface area contributed by atoms with Crippen molar-refractivity contribution in [1.29, 1.82) is 0 Å². The lowest BCUT2D eigenvalue weighted by atomic mass is 9.85. The molecule has 1 saturated heterocycles. The van der Waals surface area contributed by atoms with Gasteiger partial charge in [-0.25, -0.2) is 8.42 Å². The average Bonchev–Trinajstić information content (AvgIpc) is 2.93. The highest BCUT2D eigenvalue weighted by Gasteiger charge is 2.36. The molecule has 1 aliphatic rings. The summed E-state index contributed by atoms with van der Waals surface area (Å²) in [7, 11) is -3.89. The predicted molar refractivity (Wildman–Crippen MR) is 160 cm³/mol. The number of aryl methyl sites for hydroxylation is 1. The summed E-state index contributed by atoms with van der Waals surface area (Å²) in [4.78, 5) is 27.3. The van der Waals surface area contributed by atoms with Crippen molar-refractivity contribution in [3.05, 3.63) is 94.0 Å². The van der Waals surface area contributed by atoms with Gasteiger partial charge in [0.15, 0.2) is 0 Å².